The summed E-state index contributed by atoms with van der Waals surface area (Å²) < 4.78 is 31.0. The molecule has 3 rings (SSSR count). The molecule has 0 radical (unpaired) electrons. The molecule has 0 bridgehead atoms. The van der Waals surface area contributed by atoms with Crippen molar-refractivity contribution < 1.29 is 22.7 Å². The van der Waals surface area contributed by atoms with Crippen molar-refractivity contribution >= 4 is 33.4 Å². The van der Waals surface area contributed by atoms with Gasteiger partial charge in [0.15, 0.2) is 12.4 Å². The number of ether oxygens (including phenoxy) is 1. The van der Waals surface area contributed by atoms with Gasteiger partial charge in [-0.25, -0.2) is 17.9 Å². The number of hydrogen-bond donors (Lipinski definition) is 1. The second-order valence-corrected chi connectivity index (χ2v) is 8.48. The lowest BCUT2D eigenvalue weighted by molar-refractivity contribution is 0.0474. The molecule has 0 unspecified atom stereocenters. The molecule has 2 aromatic carbocycles. The van der Waals surface area contributed by atoms with Gasteiger partial charge in [-0.1, -0.05) is 23.7 Å². The number of sulfonamides is 1. The lowest BCUT2D eigenvalue weighted by Crippen LogP contribution is -2.20. The molecule has 6 nitrogen and oxygen atoms in total. The van der Waals surface area contributed by atoms with Crippen LogP contribution < -0.4 is 4.72 Å². The number of benzene rings is 2. The van der Waals surface area contributed by atoms with Crippen LogP contribution in [0.1, 0.15) is 38.3 Å². The molecule has 0 amide bonds. The molecule has 27 heavy (non-hydrogen) atoms. The van der Waals surface area contributed by atoms with Crippen molar-refractivity contribution in [2.75, 3.05) is 13.7 Å². The summed E-state index contributed by atoms with van der Waals surface area (Å²) in [5.41, 5.74) is 2.77. The molecule has 8 heteroatoms. The van der Waals surface area contributed by atoms with Crippen LogP contribution in [-0.4, -0.2) is 33.8 Å². The van der Waals surface area contributed by atoms with Crippen molar-refractivity contribution in [1.29, 1.82) is 0 Å². The summed E-state index contributed by atoms with van der Waals surface area (Å²) >= 11 is 5.98. The standard InChI is InChI=1S/C19H18ClNO5S/c1-21-27(24,25)15-7-8-17(20)16(10-15)19(23)26-11-18(22)14-6-5-12-3-2-4-13(12)9-14/h5-10,21H,2-4,11H2,1H3. The number of hydrogen-bond acceptors (Lipinski definition) is 5. The Morgan fingerprint density at radius 1 is 1.11 bits per heavy atom. The Morgan fingerprint density at radius 2 is 1.85 bits per heavy atom. The highest BCUT2D eigenvalue weighted by Crippen LogP contribution is 2.24. The predicted octanol–water partition coefficient (Wildman–Crippen LogP) is 2.78. The second kappa shape index (κ2) is 7.80. The van der Waals surface area contributed by atoms with Gasteiger partial charge in [0, 0.05) is 5.56 Å². The van der Waals surface area contributed by atoms with Crippen LogP contribution in [0, 0.1) is 0 Å². The molecule has 0 aliphatic heterocycles. The average molecular weight is 408 g/mol. The van der Waals surface area contributed by atoms with E-state index in [4.69, 9.17) is 16.3 Å². The van der Waals surface area contributed by atoms with Gasteiger partial charge in [-0.3, -0.25) is 4.79 Å². The number of nitrogens with one attached hydrogen (secondary N) is 1. The lowest BCUT2D eigenvalue weighted by atomic mass is 10.0. The molecule has 1 aliphatic carbocycles. The Labute approximate surface area is 162 Å². The summed E-state index contributed by atoms with van der Waals surface area (Å²) in [4.78, 5) is 24.5. The number of rotatable bonds is 6. The summed E-state index contributed by atoms with van der Waals surface area (Å²) in [5.74, 6) is -1.18. The van der Waals surface area contributed by atoms with E-state index in [9.17, 15) is 18.0 Å². The minimum absolute atomic E-state index is 0.0417. The smallest absolute Gasteiger partial charge is 0.340 e. The first-order chi connectivity index (χ1) is 12.8. The van der Waals surface area contributed by atoms with Gasteiger partial charge >= 0.3 is 5.97 Å². The Hall–Kier alpha value is -2.22. The molecule has 142 valence electrons. The molecule has 0 aromatic heterocycles. The Bertz CT molecular complexity index is 1020. The molecule has 0 heterocycles. The maximum absolute atomic E-state index is 12.3. The van der Waals surface area contributed by atoms with E-state index in [2.05, 4.69) is 4.72 Å². The van der Waals surface area contributed by atoms with E-state index in [0.717, 1.165) is 30.9 Å². The third kappa shape index (κ3) is 4.21. The first-order valence-corrected chi connectivity index (χ1v) is 10.2. The zero-order valence-electron chi connectivity index (χ0n) is 14.6. The molecule has 0 spiro atoms. The van der Waals surface area contributed by atoms with Crippen LogP contribution in [0.2, 0.25) is 5.02 Å². The maximum atomic E-state index is 12.3. The number of carbonyl (C=O) groups excluding carboxylic acids is 2. The number of Topliss-reactive ketones (excluding diaryl/α,β-unsaturated/α-hetero) is 1. The van der Waals surface area contributed by atoms with E-state index in [1.165, 1.54) is 24.7 Å². The SMILES string of the molecule is CNS(=O)(=O)c1ccc(Cl)c(C(=O)OCC(=O)c2ccc3c(c2)CCC3)c1. The van der Waals surface area contributed by atoms with Crippen molar-refractivity contribution in [3.05, 3.63) is 63.7 Å². The van der Waals surface area contributed by atoms with E-state index in [1.54, 1.807) is 6.07 Å². The Balaban J connectivity index is 1.72. The van der Waals surface area contributed by atoms with E-state index < -0.39 is 22.6 Å². The molecule has 1 aliphatic rings. The van der Waals surface area contributed by atoms with Gasteiger partial charge in [0.2, 0.25) is 10.0 Å². The molecule has 0 saturated carbocycles. The minimum Gasteiger partial charge on any atom is -0.454 e. The van der Waals surface area contributed by atoms with E-state index in [0.29, 0.717) is 5.56 Å². The van der Waals surface area contributed by atoms with Crippen LogP contribution in [0.15, 0.2) is 41.3 Å². The Kier molecular flexibility index (Phi) is 5.64. The zero-order chi connectivity index (χ0) is 19.6. The number of esters is 1. The lowest BCUT2D eigenvalue weighted by Gasteiger charge is -2.09. The van der Waals surface area contributed by atoms with Crippen molar-refractivity contribution in [1.82, 2.24) is 4.72 Å². The monoisotopic (exact) mass is 407 g/mol. The quantitative estimate of drug-likeness (QED) is 0.587. The maximum Gasteiger partial charge on any atom is 0.340 e. The van der Waals surface area contributed by atoms with Crippen LogP contribution in [-0.2, 0) is 27.6 Å². The Morgan fingerprint density at radius 3 is 2.59 bits per heavy atom. The van der Waals surface area contributed by atoms with Crippen LogP contribution >= 0.6 is 11.6 Å². The highest BCUT2D eigenvalue weighted by molar-refractivity contribution is 7.89. The molecule has 0 atom stereocenters. The van der Waals surface area contributed by atoms with Crippen LogP contribution in [0.4, 0.5) is 0 Å². The number of aryl methyl sites for hydroxylation is 2. The minimum atomic E-state index is -3.73. The fraction of sp³-hybridized carbons (Fsp3) is 0.263. The first kappa shape index (κ1) is 19.5. The van der Waals surface area contributed by atoms with Crippen LogP contribution in [0.25, 0.3) is 0 Å². The van der Waals surface area contributed by atoms with Gasteiger partial charge in [-0.15, -0.1) is 0 Å². The number of halogens is 1. The molecule has 1 N–H and O–H groups in total. The van der Waals surface area contributed by atoms with Gasteiger partial charge in [0.05, 0.1) is 15.5 Å². The van der Waals surface area contributed by atoms with Gasteiger partial charge in [-0.05, 0) is 61.7 Å². The fourth-order valence-corrected chi connectivity index (χ4v) is 3.93. The largest absolute Gasteiger partial charge is 0.454 e. The highest BCUT2D eigenvalue weighted by atomic mass is 35.5. The summed E-state index contributed by atoms with van der Waals surface area (Å²) in [6, 6.07) is 9.20. The molecule has 0 saturated heterocycles. The zero-order valence-corrected chi connectivity index (χ0v) is 16.2. The van der Waals surface area contributed by atoms with Crippen molar-refractivity contribution in [3.8, 4) is 0 Å². The van der Waals surface area contributed by atoms with E-state index in [-0.39, 0.29) is 21.3 Å². The number of fused-ring (bicyclic) bond motifs is 1. The predicted molar refractivity (Wildman–Crippen MR) is 101 cm³/mol. The topological polar surface area (TPSA) is 89.5 Å². The first-order valence-electron chi connectivity index (χ1n) is 8.37. The molecule has 2 aromatic rings. The van der Waals surface area contributed by atoms with E-state index >= 15 is 0 Å². The van der Waals surface area contributed by atoms with Crippen molar-refractivity contribution in [2.24, 2.45) is 0 Å². The number of ketones is 1. The highest BCUT2D eigenvalue weighted by Gasteiger charge is 2.20. The summed E-state index contributed by atoms with van der Waals surface area (Å²) in [5, 5.41) is 0.0417. The van der Waals surface area contributed by atoms with Gasteiger partial charge in [0.1, 0.15) is 0 Å². The molecular formula is C19H18ClNO5S. The van der Waals surface area contributed by atoms with E-state index in [1.807, 2.05) is 12.1 Å². The van der Waals surface area contributed by atoms with Crippen LogP contribution in [0.3, 0.4) is 0 Å². The van der Waals surface area contributed by atoms with Crippen LogP contribution in [0.5, 0.6) is 0 Å². The third-order valence-electron chi connectivity index (χ3n) is 4.49. The molecular weight excluding hydrogens is 390 g/mol. The third-order valence-corrected chi connectivity index (χ3v) is 6.23. The summed E-state index contributed by atoms with van der Waals surface area (Å²) in [6.07, 6.45) is 3.04. The fourth-order valence-electron chi connectivity index (χ4n) is 2.98. The van der Waals surface area contributed by atoms with Crippen molar-refractivity contribution in [3.63, 3.8) is 0 Å². The van der Waals surface area contributed by atoms with Crippen molar-refractivity contribution in [2.45, 2.75) is 24.2 Å². The normalized spacial score (nSPS) is 13.3. The van der Waals surface area contributed by atoms with Gasteiger partial charge in [0.25, 0.3) is 0 Å². The summed E-state index contributed by atoms with van der Waals surface area (Å²) in [7, 11) is -2.47. The second-order valence-electron chi connectivity index (χ2n) is 6.19. The number of carbonyl (C=O) groups is 2. The molecule has 0 fully saturated rings. The summed E-state index contributed by atoms with van der Waals surface area (Å²) in [6.45, 7) is -0.447. The average Bonchev–Trinajstić information content (AvgIpc) is 3.13. The van der Waals surface area contributed by atoms with Gasteiger partial charge < -0.3 is 4.74 Å². The van der Waals surface area contributed by atoms with Gasteiger partial charge in [-0.2, -0.15) is 0 Å².